The van der Waals surface area contributed by atoms with Gasteiger partial charge in [0.25, 0.3) is 0 Å². The van der Waals surface area contributed by atoms with E-state index in [0.29, 0.717) is 6.54 Å². The third-order valence-corrected chi connectivity index (χ3v) is 4.26. The first-order valence-electron chi connectivity index (χ1n) is 5.55. The summed E-state index contributed by atoms with van der Waals surface area (Å²) in [6.45, 7) is 6.43. The highest BCUT2D eigenvalue weighted by molar-refractivity contribution is 7.89. The lowest BCUT2D eigenvalue weighted by atomic mass is 9.91. The van der Waals surface area contributed by atoms with Crippen molar-refractivity contribution in [1.29, 1.82) is 0 Å². The summed E-state index contributed by atoms with van der Waals surface area (Å²) in [4.78, 5) is 0.169. The summed E-state index contributed by atoms with van der Waals surface area (Å²) in [6.07, 6.45) is 0.894. The average Bonchev–Trinajstić information content (AvgIpc) is 2.27. The smallest absolute Gasteiger partial charge is 0.240 e. The second-order valence-corrected chi connectivity index (χ2v) is 6.60. The first kappa shape index (κ1) is 14.0. The molecule has 0 aliphatic carbocycles. The van der Waals surface area contributed by atoms with Crippen molar-refractivity contribution in [3.8, 4) is 5.75 Å². The first-order chi connectivity index (χ1) is 7.77. The molecule has 0 saturated carbocycles. The Balaban J connectivity index is 2.79. The van der Waals surface area contributed by atoms with E-state index in [1.165, 1.54) is 24.3 Å². The molecule has 0 unspecified atom stereocenters. The Kier molecular flexibility index (Phi) is 4.16. The summed E-state index contributed by atoms with van der Waals surface area (Å²) in [5.41, 5.74) is -0.0655. The number of sulfonamides is 1. The molecule has 0 saturated heterocycles. The fraction of sp³-hybridized carbons (Fsp3) is 0.500. The van der Waals surface area contributed by atoms with E-state index in [-0.39, 0.29) is 16.1 Å². The molecule has 2 N–H and O–H groups in total. The number of phenolic OH excluding ortho intramolecular Hbond substituents is 1. The topological polar surface area (TPSA) is 66.4 Å². The van der Waals surface area contributed by atoms with Gasteiger partial charge in [0.15, 0.2) is 0 Å². The van der Waals surface area contributed by atoms with Crippen molar-refractivity contribution in [3.05, 3.63) is 24.3 Å². The van der Waals surface area contributed by atoms with Crippen LogP contribution in [-0.2, 0) is 10.0 Å². The molecular weight excluding hydrogens is 238 g/mol. The van der Waals surface area contributed by atoms with Crippen molar-refractivity contribution in [1.82, 2.24) is 4.72 Å². The maximum absolute atomic E-state index is 11.9. The Morgan fingerprint density at radius 3 is 2.24 bits per heavy atom. The van der Waals surface area contributed by atoms with Gasteiger partial charge in [-0.05, 0) is 36.1 Å². The summed E-state index contributed by atoms with van der Waals surface area (Å²) in [5, 5.41) is 9.10. The molecule has 96 valence electrons. The summed E-state index contributed by atoms with van der Waals surface area (Å²) in [5.74, 6) is 0.0536. The maximum Gasteiger partial charge on any atom is 0.240 e. The highest BCUT2D eigenvalue weighted by atomic mass is 32.2. The zero-order valence-electron chi connectivity index (χ0n) is 10.4. The normalized spacial score (nSPS) is 12.6. The van der Waals surface area contributed by atoms with Gasteiger partial charge in [-0.15, -0.1) is 0 Å². The lowest BCUT2D eigenvalue weighted by Gasteiger charge is -2.22. The average molecular weight is 257 g/mol. The van der Waals surface area contributed by atoms with Crippen LogP contribution in [-0.4, -0.2) is 20.1 Å². The van der Waals surface area contributed by atoms with Crippen molar-refractivity contribution in [2.75, 3.05) is 6.54 Å². The summed E-state index contributed by atoms with van der Waals surface area (Å²) in [6, 6.07) is 5.49. The Morgan fingerprint density at radius 1 is 1.24 bits per heavy atom. The lowest BCUT2D eigenvalue weighted by Crippen LogP contribution is -2.33. The number of hydrogen-bond donors (Lipinski definition) is 2. The van der Waals surface area contributed by atoms with Gasteiger partial charge in [-0.25, -0.2) is 13.1 Å². The lowest BCUT2D eigenvalue weighted by molar-refractivity contribution is 0.350. The van der Waals surface area contributed by atoms with E-state index < -0.39 is 10.0 Å². The SMILES string of the molecule is CCC(C)(C)CNS(=O)(=O)c1ccc(O)cc1. The quantitative estimate of drug-likeness (QED) is 0.849. The molecule has 0 aliphatic rings. The number of nitrogens with one attached hydrogen (secondary N) is 1. The molecule has 0 spiro atoms. The van der Waals surface area contributed by atoms with Gasteiger partial charge in [0.05, 0.1) is 4.90 Å². The van der Waals surface area contributed by atoms with Crippen LogP contribution in [0.4, 0.5) is 0 Å². The fourth-order valence-corrected chi connectivity index (χ4v) is 2.37. The largest absolute Gasteiger partial charge is 0.508 e. The zero-order valence-corrected chi connectivity index (χ0v) is 11.2. The molecule has 1 aromatic carbocycles. The molecule has 4 nitrogen and oxygen atoms in total. The molecule has 0 heterocycles. The highest BCUT2D eigenvalue weighted by Gasteiger charge is 2.20. The van der Waals surface area contributed by atoms with Gasteiger partial charge in [-0.3, -0.25) is 0 Å². The Labute approximate surface area is 103 Å². The van der Waals surface area contributed by atoms with Crippen molar-refractivity contribution >= 4 is 10.0 Å². The molecule has 1 aromatic rings. The number of hydrogen-bond acceptors (Lipinski definition) is 3. The van der Waals surface area contributed by atoms with Crippen molar-refractivity contribution in [2.45, 2.75) is 32.1 Å². The van der Waals surface area contributed by atoms with E-state index in [1.54, 1.807) is 0 Å². The van der Waals surface area contributed by atoms with E-state index in [2.05, 4.69) is 4.72 Å². The van der Waals surface area contributed by atoms with E-state index in [9.17, 15) is 8.42 Å². The molecule has 1 rings (SSSR count). The molecule has 17 heavy (non-hydrogen) atoms. The standard InChI is InChI=1S/C12H19NO3S/c1-4-12(2,3)9-13-17(15,16)11-7-5-10(14)6-8-11/h5-8,13-14H,4,9H2,1-3H3. The van der Waals surface area contributed by atoms with Gasteiger partial charge < -0.3 is 5.11 Å². The minimum absolute atomic E-state index is 0.0536. The number of aromatic hydroxyl groups is 1. The van der Waals surface area contributed by atoms with Crippen LogP contribution in [0.1, 0.15) is 27.2 Å². The van der Waals surface area contributed by atoms with Gasteiger partial charge >= 0.3 is 0 Å². The summed E-state index contributed by atoms with van der Waals surface area (Å²) >= 11 is 0. The number of phenols is 1. The van der Waals surface area contributed by atoms with Crippen LogP contribution in [0.5, 0.6) is 5.75 Å². The van der Waals surface area contributed by atoms with E-state index in [1.807, 2.05) is 20.8 Å². The van der Waals surface area contributed by atoms with Crippen LogP contribution in [0.15, 0.2) is 29.2 Å². The van der Waals surface area contributed by atoms with Gasteiger partial charge in [-0.1, -0.05) is 20.8 Å². The summed E-state index contributed by atoms with van der Waals surface area (Å²) in [7, 11) is -3.48. The van der Waals surface area contributed by atoms with Crippen LogP contribution >= 0.6 is 0 Å². The van der Waals surface area contributed by atoms with Crippen LogP contribution in [0.2, 0.25) is 0 Å². The highest BCUT2D eigenvalue weighted by Crippen LogP contribution is 2.20. The van der Waals surface area contributed by atoms with Gasteiger partial charge in [0, 0.05) is 6.54 Å². The maximum atomic E-state index is 11.9. The second-order valence-electron chi connectivity index (χ2n) is 4.84. The van der Waals surface area contributed by atoms with Crippen LogP contribution < -0.4 is 4.72 Å². The number of rotatable bonds is 5. The van der Waals surface area contributed by atoms with E-state index in [4.69, 9.17) is 5.11 Å². The molecule has 0 aliphatic heterocycles. The minimum atomic E-state index is -3.48. The van der Waals surface area contributed by atoms with E-state index in [0.717, 1.165) is 6.42 Å². The molecule has 0 bridgehead atoms. The van der Waals surface area contributed by atoms with E-state index >= 15 is 0 Å². The third-order valence-electron chi connectivity index (χ3n) is 2.84. The Bertz CT molecular complexity index is 463. The van der Waals surface area contributed by atoms with Gasteiger partial charge in [-0.2, -0.15) is 0 Å². The fourth-order valence-electron chi connectivity index (χ4n) is 1.12. The minimum Gasteiger partial charge on any atom is -0.508 e. The van der Waals surface area contributed by atoms with Crippen molar-refractivity contribution < 1.29 is 13.5 Å². The van der Waals surface area contributed by atoms with Crippen LogP contribution in [0.3, 0.4) is 0 Å². The third kappa shape index (κ3) is 4.02. The second kappa shape index (κ2) is 5.06. The zero-order chi connectivity index (χ0) is 13.1. The molecule has 0 radical (unpaired) electrons. The molecule has 0 atom stereocenters. The molecule has 5 heteroatoms. The van der Waals surface area contributed by atoms with Gasteiger partial charge in [0.2, 0.25) is 10.0 Å². The Hall–Kier alpha value is -1.07. The molecule has 0 fully saturated rings. The van der Waals surface area contributed by atoms with Crippen molar-refractivity contribution in [3.63, 3.8) is 0 Å². The van der Waals surface area contributed by atoms with Crippen LogP contribution in [0.25, 0.3) is 0 Å². The number of benzene rings is 1. The monoisotopic (exact) mass is 257 g/mol. The molecule has 0 amide bonds. The predicted molar refractivity (Wildman–Crippen MR) is 67.4 cm³/mol. The molecule has 0 aromatic heterocycles. The summed E-state index contributed by atoms with van der Waals surface area (Å²) < 4.78 is 26.4. The first-order valence-corrected chi connectivity index (χ1v) is 7.04. The van der Waals surface area contributed by atoms with Crippen molar-refractivity contribution in [2.24, 2.45) is 5.41 Å². The predicted octanol–water partition coefficient (Wildman–Crippen LogP) is 2.11. The van der Waals surface area contributed by atoms with Gasteiger partial charge in [0.1, 0.15) is 5.75 Å². The Morgan fingerprint density at radius 2 is 1.76 bits per heavy atom. The molecular formula is C12H19NO3S. The van der Waals surface area contributed by atoms with Crippen LogP contribution in [0, 0.1) is 5.41 Å².